The molecule has 2 fully saturated rings. The average molecular weight is 566 g/mol. The van der Waals surface area contributed by atoms with Gasteiger partial charge in [0.05, 0.1) is 52.1 Å². The van der Waals surface area contributed by atoms with Crippen molar-refractivity contribution in [2.24, 2.45) is 0 Å². The summed E-state index contributed by atoms with van der Waals surface area (Å²) in [6.07, 6.45) is 4.42. The summed E-state index contributed by atoms with van der Waals surface area (Å²) in [5, 5.41) is 32.2. The van der Waals surface area contributed by atoms with Crippen molar-refractivity contribution in [1.82, 2.24) is 25.2 Å². The molecule has 12 heteroatoms. The number of rotatable bonds is 9. The van der Waals surface area contributed by atoms with Gasteiger partial charge in [-0.25, -0.2) is 13.3 Å². The molecule has 0 radical (unpaired) electrons. The number of nitrogens with zero attached hydrogens (tertiary/aromatic N) is 4. The summed E-state index contributed by atoms with van der Waals surface area (Å²) < 4.78 is 30.1. The molecular weight excluding hydrogens is 532 g/mol. The molecule has 0 spiro atoms. The summed E-state index contributed by atoms with van der Waals surface area (Å²) >= 11 is 0. The number of fused-ring (bicyclic) bond motifs is 1. The van der Waals surface area contributed by atoms with E-state index in [1.807, 2.05) is 12.1 Å². The van der Waals surface area contributed by atoms with Gasteiger partial charge in [0.2, 0.25) is 0 Å². The lowest BCUT2D eigenvalue weighted by Crippen LogP contribution is -2.44. The maximum absolute atomic E-state index is 14.3. The Bertz CT molecular complexity index is 1500. The Hall–Kier alpha value is -4.11. The number of aliphatic hydroxyl groups is 1. The van der Waals surface area contributed by atoms with E-state index < -0.39 is 29.3 Å². The number of nitrogens with one attached hydrogen (secondary N) is 3. The average Bonchev–Trinajstić information content (AvgIpc) is 3.57. The monoisotopic (exact) mass is 565 g/mol. The van der Waals surface area contributed by atoms with Crippen molar-refractivity contribution in [3.05, 3.63) is 47.8 Å². The zero-order valence-electron chi connectivity index (χ0n) is 23.0. The van der Waals surface area contributed by atoms with Crippen LogP contribution in [0.1, 0.15) is 68.3 Å². The van der Waals surface area contributed by atoms with E-state index in [9.17, 15) is 28.7 Å². The Morgan fingerprint density at radius 1 is 1.20 bits per heavy atom. The Morgan fingerprint density at radius 2 is 1.90 bits per heavy atom. The van der Waals surface area contributed by atoms with Gasteiger partial charge < -0.3 is 21.1 Å². The van der Waals surface area contributed by atoms with Crippen molar-refractivity contribution in [3.8, 4) is 17.5 Å². The first-order chi connectivity index (χ1) is 19.5. The first kappa shape index (κ1) is 28.4. The van der Waals surface area contributed by atoms with E-state index in [0.717, 1.165) is 0 Å². The fourth-order valence-electron chi connectivity index (χ4n) is 4.93. The molecule has 10 nitrogen and oxygen atoms in total. The largest absolute Gasteiger partial charge is 0.387 e. The number of anilines is 1. The molecule has 2 aliphatic rings. The predicted molar refractivity (Wildman–Crippen MR) is 148 cm³/mol. The molecule has 5 rings (SSSR count). The summed E-state index contributed by atoms with van der Waals surface area (Å²) in [4.78, 5) is 29.7. The van der Waals surface area contributed by atoms with Crippen molar-refractivity contribution in [3.63, 3.8) is 0 Å². The van der Waals surface area contributed by atoms with E-state index in [2.05, 4.69) is 32.1 Å². The molecule has 0 bridgehead atoms. The first-order valence-electron chi connectivity index (χ1n) is 13.8. The van der Waals surface area contributed by atoms with Crippen LogP contribution in [0.3, 0.4) is 0 Å². The van der Waals surface area contributed by atoms with Crippen molar-refractivity contribution in [2.75, 3.05) is 11.9 Å². The van der Waals surface area contributed by atoms with Gasteiger partial charge in [0.15, 0.2) is 5.67 Å². The lowest BCUT2D eigenvalue weighted by Gasteiger charge is -2.31. The number of pyridine rings is 1. The second-order valence-corrected chi connectivity index (χ2v) is 11.5. The minimum atomic E-state index is -1.71. The maximum Gasteiger partial charge on any atom is 0.257 e. The number of nitriles is 1. The van der Waals surface area contributed by atoms with Gasteiger partial charge >= 0.3 is 0 Å². The molecule has 1 unspecified atom stereocenters. The predicted octanol–water partition coefficient (Wildman–Crippen LogP) is 3.45. The number of carbonyl (C=O) groups is 2. The molecule has 2 saturated carbocycles. The molecular formula is C29H33F2N7O3. The van der Waals surface area contributed by atoms with Crippen LogP contribution in [0.15, 0.2) is 36.7 Å². The standard InChI is InChI=1S/C29H33F2N7O3/c1-28(2,41)25(30)16-34-26(39)21-15-33-23(24-8-7-20-11-17(13-32)14-35-38(20)24)12-22(21)36-18-3-5-19(6-4-18)37-27(40)29(31)9-10-29/h7-8,11-12,14-15,18-19,25,41H,3-6,9-10,16H2,1-2H3,(H,33,36)(H,34,39)(H,37,40). The zero-order valence-corrected chi connectivity index (χ0v) is 23.0. The molecule has 216 valence electrons. The normalized spacial score (nSPS) is 20.6. The van der Waals surface area contributed by atoms with Crippen molar-refractivity contribution < 1.29 is 23.5 Å². The highest BCUT2D eigenvalue weighted by Crippen LogP contribution is 2.40. The topological polar surface area (TPSA) is 144 Å². The smallest absolute Gasteiger partial charge is 0.257 e. The minimum absolute atomic E-state index is 0.0316. The SMILES string of the molecule is CC(C)(O)C(F)CNC(=O)c1cnc(-c2ccc3cc(C#N)cnn23)cc1NC1CCC(NC(=O)C2(F)CC2)CC1. The molecule has 41 heavy (non-hydrogen) atoms. The van der Waals surface area contributed by atoms with Gasteiger partial charge in [0.1, 0.15) is 12.2 Å². The number of amides is 2. The van der Waals surface area contributed by atoms with E-state index >= 15 is 0 Å². The molecule has 3 aromatic heterocycles. The maximum atomic E-state index is 14.3. The second-order valence-electron chi connectivity index (χ2n) is 11.5. The van der Waals surface area contributed by atoms with E-state index in [4.69, 9.17) is 0 Å². The number of hydrogen-bond acceptors (Lipinski definition) is 7. The fraction of sp³-hybridized carbons (Fsp3) is 0.483. The summed E-state index contributed by atoms with van der Waals surface area (Å²) in [6, 6.07) is 9.00. The highest BCUT2D eigenvalue weighted by Gasteiger charge is 2.51. The van der Waals surface area contributed by atoms with Gasteiger partial charge in [-0.2, -0.15) is 10.4 Å². The van der Waals surface area contributed by atoms with Crippen LogP contribution in [0.25, 0.3) is 16.9 Å². The van der Waals surface area contributed by atoms with E-state index in [0.29, 0.717) is 53.8 Å². The van der Waals surface area contributed by atoms with Crippen molar-refractivity contribution in [2.45, 2.75) is 81.9 Å². The van der Waals surface area contributed by atoms with Gasteiger partial charge in [0.25, 0.3) is 11.8 Å². The van der Waals surface area contributed by atoms with Gasteiger partial charge in [-0.1, -0.05) is 0 Å². The third-order valence-corrected chi connectivity index (χ3v) is 7.77. The summed E-state index contributed by atoms with van der Waals surface area (Å²) in [6.45, 7) is 2.29. The lowest BCUT2D eigenvalue weighted by molar-refractivity contribution is -0.128. The van der Waals surface area contributed by atoms with Crippen molar-refractivity contribution in [1.29, 1.82) is 5.26 Å². The molecule has 2 aliphatic carbocycles. The van der Waals surface area contributed by atoms with Crippen LogP contribution in [0, 0.1) is 11.3 Å². The molecule has 0 aliphatic heterocycles. The number of carbonyl (C=O) groups excluding carboxylic acids is 2. The number of hydrogen-bond donors (Lipinski definition) is 4. The quantitative estimate of drug-likeness (QED) is 0.311. The Labute approximate surface area is 236 Å². The number of alkyl halides is 2. The fourth-order valence-corrected chi connectivity index (χ4v) is 4.93. The van der Waals surface area contributed by atoms with E-state index in [1.54, 1.807) is 16.6 Å². The van der Waals surface area contributed by atoms with Crippen LogP contribution < -0.4 is 16.0 Å². The van der Waals surface area contributed by atoms with Gasteiger partial charge in [0, 0.05) is 18.3 Å². The van der Waals surface area contributed by atoms with Crippen LogP contribution in [-0.4, -0.2) is 67.6 Å². The highest BCUT2D eigenvalue weighted by molar-refractivity contribution is 6.00. The zero-order chi connectivity index (χ0) is 29.4. The summed E-state index contributed by atoms with van der Waals surface area (Å²) in [5.74, 6) is -1.08. The Morgan fingerprint density at radius 3 is 2.56 bits per heavy atom. The summed E-state index contributed by atoms with van der Waals surface area (Å²) in [7, 11) is 0. The molecule has 3 heterocycles. The molecule has 1 atom stereocenters. The Balaban J connectivity index is 1.36. The van der Waals surface area contributed by atoms with Crippen LogP contribution in [0.2, 0.25) is 0 Å². The Kier molecular flexibility index (Phi) is 7.66. The first-order valence-corrected chi connectivity index (χ1v) is 13.8. The molecule has 2 amide bonds. The lowest BCUT2D eigenvalue weighted by atomic mass is 9.90. The number of halogens is 2. The van der Waals surface area contributed by atoms with Gasteiger partial charge in [-0.15, -0.1) is 0 Å². The molecule has 4 N–H and O–H groups in total. The van der Waals surface area contributed by atoms with E-state index in [-0.39, 0.29) is 37.0 Å². The minimum Gasteiger partial charge on any atom is -0.387 e. The van der Waals surface area contributed by atoms with Gasteiger partial charge in [-0.05, 0) is 76.6 Å². The molecule has 0 aromatic carbocycles. The van der Waals surface area contributed by atoms with Crippen molar-refractivity contribution >= 4 is 23.0 Å². The van der Waals surface area contributed by atoms with Crippen LogP contribution in [0.5, 0.6) is 0 Å². The van der Waals surface area contributed by atoms with Crippen LogP contribution in [0.4, 0.5) is 14.5 Å². The second kappa shape index (κ2) is 11.0. The third-order valence-electron chi connectivity index (χ3n) is 7.77. The third kappa shape index (κ3) is 6.30. The van der Waals surface area contributed by atoms with E-state index in [1.165, 1.54) is 26.2 Å². The molecule has 3 aromatic rings. The van der Waals surface area contributed by atoms with Crippen LogP contribution >= 0.6 is 0 Å². The molecule has 0 saturated heterocycles. The highest BCUT2D eigenvalue weighted by atomic mass is 19.1. The van der Waals surface area contributed by atoms with Crippen LogP contribution in [-0.2, 0) is 4.79 Å². The van der Waals surface area contributed by atoms with Gasteiger partial charge in [-0.3, -0.25) is 14.6 Å². The number of aromatic nitrogens is 3. The summed E-state index contributed by atoms with van der Waals surface area (Å²) in [5.41, 5.74) is -0.310.